The number of nitrogens with zero attached hydrogens (tertiary/aromatic N) is 2. The number of nitrogens with one attached hydrogen (secondary N) is 2. The maximum atomic E-state index is 13.3. The number of alkyl halides is 2. The van der Waals surface area contributed by atoms with Crippen LogP contribution in [0.3, 0.4) is 0 Å². The predicted molar refractivity (Wildman–Crippen MR) is 78.7 cm³/mol. The molecule has 2 heterocycles. The van der Waals surface area contributed by atoms with Crippen LogP contribution < -0.4 is 0 Å². The van der Waals surface area contributed by atoms with Crippen LogP contribution in [0.25, 0.3) is 5.70 Å². The number of aromatic amines is 1. The van der Waals surface area contributed by atoms with Gasteiger partial charge in [-0.25, -0.2) is 13.8 Å². The van der Waals surface area contributed by atoms with Crippen LogP contribution in [0.15, 0.2) is 6.08 Å². The lowest BCUT2D eigenvalue weighted by Gasteiger charge is -2.20. The van der Waals surface area contributed by atoms with E-state index in [9.17, 15) is 8.78 Å². The van der Waals surface area contributed by atoms with Crippen molar-refractivity contribution in [3.05, 3.63) is 21.3 Å². The van der Waals surface area contributed by atoms with E-state index in [2.05, 4.69) is 32.6 Å². The Kier molecular flexibility index (Phi) is 4.14. The van der Waals surface area contributed by atoms with E-state index in [1.165, 1.54) is 11.0 Å². The van der Waals surface area contributed by atoms with E-state index in [-0.39, 0.29) is 24.7 Å². The molecule has 19 heavy (non-hydrogen) atoms. The van der Waals surface area contributed by atoms with Gasteiger partial charge in [-0.1, -0.05) is 11.6 Å². The molecule has 104 valence electrons. The molecule has 0 unspecified atom stereocenters. The van der Waals surface area contributed by atoms with Crippen molar-refractivity contribution in [1.82, 2.24) is 14.9 Å². The highest BCUT2D eigenvalue weighted by Gasteiger charge is 2.39. The van der Waals surface area contributed by atoms with E-state index in [1.807, 2.05) is 6.92 Å². The lowest BCUT2D eigenvalue weighted by atomic mass is 10.3. The molecule has 1 fully saturated rings. The summed E-state index contributed by atoms with van der Waals surface area (Å²) in [5, 5.41) is 7.12. The molecular weight excluding hydrogens is 389 g/mol. The molecule has 0 atom stereocenters. The van der Waals surface area contributed by atoms with Gasteiger partial charge in [0.05, 0.1) is 12.2 Å². The fourth-order valence-electron chi connectivity index (χ4n) is 1.93. The molecule has 0 radical (unpaired) electrons. The summed E-state index contributed by atoms with van der Waals surface area (Å²) >= 11 is 7.63. The van der Waals surface area contributed by atoms with Crippen LogP contribution in [0.2, 0.25) is 0 Å². The van der Waals surface area contributed by atoms with Crippen LogP contribution >= 0.6 is 34.2 Å². The molecule has 2 rings (SSSR count). The molecule has 1 aliphatic rings. The predicted octanol–water partition coefficient (Wildman–Crippen LogP) is 3.22. The Morgan fingerprint density at radius 3 is 2.74 bits per heavy atom. The van der Waals surface area contributed by atoms with Gasteiger partial charge in [-0.15, -0.1) is 0 Å². The van der Waals surface area contributed by atoms with Gasteiger partial charge in [-0.05, 0) is 29.5 Å². The van der Waals surface area contributed by atoms with Crippen LogP contribution in [0.1, 0.15) is 17.9 Å². The van der Waals surface area contributed by atoms with Crippen molar-refractivity contribution in [2.45, 2.75) is 19.3 Å². The number of imidazole rings is 1. The van der Waals surface area contributed by atoms with Crippen LogP contribution in [-0.2, 0) is 0 Å². The molecule has 0 aromatic carbocycles. The molecule has 4 nitrogen and oxygen atoms in total. The third-order valence-electron chi connectivity index (χ3n) is 2.84. The van der Waals surface area contributed by atoms with Gasteiger partial charge in [-0.3, -0.25) is 5.41 Å². The summed E-state index contributed by atoms with van der Waals surface area (Å²) in [5.41, 5.74) is 1.29. The zero-order chi connectivity index (χ0) is 14.2. The van der Waals surface area contributed by atoms with Crippen molar-refractivity contribution in [2.24, 2.45) is 0 Å². The number of rotatable bonds is 3. The fourth-order valence-corrected chi connectivity index (χ4v) is 2.41. The highest BCUT2D eigenvalue weighted by molar-refractivity contribution is 14.1. The molecule has 1 aromatic heterocycles. The second kappa shape index (κ2) is 5.35. The largest absolute Gasteiger partial charge is 0.362 e. The molecule has 1 aromatic rings. The molecule has 0 spiro atoms. The van der Waals surface area contributed by atoms with E-state index >= 15 is 0 Å². The van der Waals surface area contributed by atoms with E-state index in [0.29, 0.717) is 11.5 Å². The van der Waals surface area contributed by atoms with Gasteiger partial charge in [-0.2, -0.15) is 0 Å². The summed E-state index contributed by atoms with van der Waals surface area (Å²) in [7, 11) is 0. The zero-order valence-corrected chi connectivity index (χ0v) is 13.0. The Morgan fingerprint density at radius 2 is 2.32 bits per heavy atom. The first-order valence-electron chi connectivity index (χ1n) is 5.59. The van der Waals surface area contributed by atoms with Crippen molar-refractivity contribution in [1.29, 1.82) is 5.41 Å². The van der Waals surface area contributed by atoms with Crippen LogP contribution in [0, 0.1) is 16.0 Å². The number of hydrogen-bond acceptors (Lipinski definition) is 3. The van der Waals surface area contributed by atoms with Crippen molar-refractivity contribution < 1.29 is 8.78 Å². The molecule has 8 heteroatoms. The number of aromatic nitrogens is 2. The maximum absolute atomic E-state index is 13.3. The second-order valence-corrected chi connectivity index (χ2v) is 5.84. The summed E-state index contributed by atoms with van der Waals surface area (Å²) in [6, 6.07) is 0. The van der Waals surface area contributed by atoms with Gasteiger partial charge < -0.3 is 9.88 Å². The van der Waals surface area contributed by atoms with Crippen molar-refractivity contribution in [3.8, 4) is 0 Å². The average Bonchev–Trinajstić information content (AvgIpc) is 2.79. The molecule has 1 aliphatic heterocycles. The average molecular weight is 401 g/mol. The summed E-state index contributed by atoms with van der Waals surface area (Å²) < 4.78 is 27.4. The lowest BCUT2D eigenvalue weighted by Crippen LogP contribution is -2.25. The molecule has 0 aliphatic carbocycles. The zero-order valence-electron chi connectivity index (χ0n) is 10.1. The monoisotopic (exact) mass is 400 g/mol. The highest BCUT2D eigenvalue weighted by Crippen LogP contribution is 2.32. The van der Waals surface area contributed by atoms with E-state index in [1.54, 1.807) is 0 Å². The second-order valence-electron chi connectivity index (χ2n) is 4.41. The Bertz CT molecular complexity index is 521. The Labute approximate surface area is 127 Å². The standard InChI is InChI=1S/C11H12ClF2IN4/c1-6-9(15)18-10(17-6)7(4-8(12)16)19-3-2-11(13,14)5-19/h4,16H,2-3,5H2,1H3,(H,17,18)/b7-4+,16-8?. The molecule has 0 saturated carbocycles. The van der Waals surface area contributed by atoms with E-state index in [4.69, 9.17) is 17.0 Å². The minimum absolute atomic E-state index is 0.198. The minimum Gasteiger partial charge on any atom is -0.362 e. The highest BCUT2D eigenvalue weighted by atomic mass is 127. The first-order valence-corrected chi connectivity index (χ1v) is 7.05. The Morgan fingerprint density at radius 1 is 1.63 bits per heavy atom. The quantitative estimate of drug-likeness (QED) is 0.605. The normalized spacial score (nSPS) is 19.0. The van der Waals surface area contributed by atoms with E-state index < -0.39 is 5.92 Å². The molecule has 1 saturated heterocycles. The number of hydrogen-bond donors (Lipinski definition) is 2. The minimum atomic E-state index is -2.71. The number of aryl methyl sites for hydroxylation is 1. The number of likely N-dealkylation sites (tertiary alicyclic amines) is 1. The summed E-state index contributed by atoms with van der Waals surface area (Å²) in [5.74, 6) is -2.24. The topological polar surface area (TPSA) is 55.8 Å². The molecule has 0 amide bonds. The Balaban J connectivity index is 2.35. The van der Waals surface area contributed by atoms with E-state index in [0.717, 1.165) is 9.39 Å². The maximum Gasteiger partial charge on any atom is 0.266 e. The van der Waals surface area contributed by atoms with Crippen LogP contribution in [0.4, 0.5) is 8.78 Å². The third-order valence-corrected chi connectivity index (χ3v) is 4.00. The van der Waals surface area contributed by atoms with Gasteiger partial charge in [0.15, 0.2) is 5.82 Å². The summed E-state index contributed by atoms with van der Waals surface area (Å²) in [4.78, 5) is 8.81. The van der Waals surface area contributed by atoms with Gasteiger partial charge in [0.25, 0.3) is 5.92 Å². The summed E-state index contributed by atoms with van der Waals surface area (Å²) in [6.45, 7) is 1.69. The molecule has 2 N–H and O–H groups in total. The van der Waals surface area contributed by atoms with Gasteiger partial charge >= 0.3 is 0 Å². The first kappa shape index (κ1) is 14.7. The van der Waals surface area contributed by atoms with Crippen LogP contribution in [-0.4, -0.2) is 39.1 Å². The molecular formula is C11H12ClF2IN4. The van der Waals surface area contributed by atoms with Gasteiger partial charge in [0.1, 0.15) is 8.87 Å². The van der Waals surface area contributed by atoms with Crippen molar-refractivity contribution in [3.63, 3.8) is 0 Å². The van der Waals surface area contributed by atoms with Crippen molar-refractivity contribution in [2.75, 3.05) is 13.1 Å². The number of H-pyrrole nitrogens is 1. The Hall–Kier alpha value is -0.700. The fraction of sp³-hybridized carbons (Fsp3) is 0.455. The smallest absolute Gasteiger partial charge is 0.266 e. The van der Waals surface area contributed by atoms with Gasteiger partial charge in [0, 0.05) is 24.7 Å². The first-order chi connectivity index (χ1) is 8.78. The van der Waals surface area contributed by atoms with Crippen LogP contribution in [0.5, 0.6) is 0 Å². The molecule has 0 bridgehead atoms. The number of allylic oxidation sites excluding steroid dienone is 1. The SMILES string of the molecule is Cc1[nH]c(/C(=C\C(=N)Cl)N2CCC(F)(F)C2)nc1I. The lowest BCUT2D eigenvalue weighted by molar-refractivity contribution is 0.0169. The number of halogens is 4. The summed E-state index contributed by atoms with van der Waals surface area (Å²) in [6.07, 6.45) is 1.15. The third kappa shape index (κ3) is 3.44. The van der Waals surface area contributed by atoms with Gasteiger partial charge in [0.2, 0.25) is 0 Å². The van der Waals surface area contributed by atoms with Crippen molar-refractivity contribution >= 4 is 45.1 Å².